The van der Waals surface area contributed by atoms with E-state index in [1.807, 2.05) is 0 Å². The number of carboxylic acids is 2. The highest BCUT2D eigenvalue weighted by atomic mass is 32.2. The first-order chi connectivity index (χ1) is 63.1. The minimum atomic E-state index is -1.93. The summed E-state index contributed by atoms with van der Waals surface area (Å²) in [5, 5.41) is 72.0. The topological polar surface area (TPSA) is 598 Å². The van der Waals surface area contributed by atoms with Crippen LogP contribution in [0, 0.1) is 23.4 Å². The maximum absolute atomic E-state index is 15.6. The molecule has 0 radical (unpaired) electrons. The quantitative estimate of drug-likeness (QED) is 0.0154. The molecule has 20 N–H and O–H groups in total. The molecule has 5 aromatic carbocycles. The van der Waals surface area contributed by atoms with Crippen LogP contribution >= 0.6 is 11.8 Å². The lowest BCUT2D eigenvalue weighted by Crippen LogP contribution is -2.61. The van der Waals surface area contributed by atoms with Crippen molar-refractivity contribution < 1.29 is 120 Å². The number of phenols is 1. The van der Waals surface area contributed by atoms with E-state index in [0.29, 0.717) is 64.2 Å². The largest absolute Gasteiger partial charge is 0.508 e. The van der Waals surface area contributed by atoms with Crippen LogP contribution in [-0.4, -0.2) is 306 Å². The molecule has 15 atom stereocenters. The van der Waals surface area contributed by atoms with Gasteiger partial charge in [0.2, 0.25) is 82.7 Å². The second-order valence-electron chi connectivity index (χ2n) is 33.1. The van der Waals surface area contributed by atoms with Gasteiger partial charge in [0.05, 0.1) is 43.0 Å². The summed E-state index contributed by atoms with van der Waals surface area (Å²) in [4.78, 5) is 246. The predicted molar refractivity (Wildman–Crippen MR) is 476 cm³/mol. The summed E-state index contributed by atoms with van der Waals surface area (Å²) >= 11 is 0.600. The van der Waals surface area contributed by atoms with Crippen LogP contribution in [0.1, 0.15) is 100.0 Å². The fraction of sp³-hybridized carbons (Fsp3) is 0.456. The standard InChI is InChI=1S/C90H114F3N17O22S/c1-7-8-23-69(89(131)110-44-57(114)38-71(110)85(127)102-65(39-76(119)120)82(124)105-78(48(2)3)90(132)106(4)54(45-111)30-49-17-11-9-12-18-49)107(5)88(130)72(35-50-19-13-10-14-20-50)108(6)87(129)66(34-52-31-59(91)77(93)60(92)32-52)99-74(116)47-133-46-68(79(121)98-42-73(96)115)104-83(125)67(40-94)103-80(122)63(33-51-24-26-55(112)27-25-51)100-81(123)64(36-53-41-97-62-22-16-15-21-58(53)62)101-84(126)70-37-56(113)43-109(70)86(128)61(95)28-29-75(117)118/h9-22,24-27,31-32,41,45,48,54,56-57,61,63-72,78,97,112-114H,7-8,23,28-30,33-40,42-44,46-47,94-95H2,1-6H3,(H2,96,115)(H,98,121)(H,99,116)(H,100,123)(H,101,126)(H,102,127)(H,103,122)(H,104,125)(H,105,124)(H,117,118)(H,119,120)/t54-,56+,57+,61-,63-,64-,65-,66-,67-,68-,69-,70+,71+,72-,78-/m0/s1. The van der Waals surface area contributed by atoms with E-state index in [1.165, 1.54) is 38.4 Å². The fourth-order valence-electron chi connectivity index (χ4n) is 15.5. The van der Waals surface area contributed by atoms with E-state index in [9.17, 15) is 97.0 Å². The molecule has 2 aliphatic rings. The maximum Gasteiger partial charge on any atom is 0.305 e. The molecule has 14 amide bonds. The van der Waals surface area contributed by atoms with Gasteiger partial charge < -0.3 is 120 Å². The van der Waals surface area contributed by atoms with Crippen molar-refractivity contribution in [3.63, 3.8) is 0 Å². The van der Waals surface area contributed by atoms with Gasteiger partial charge in [-0.15, -0.1) is 11.8 Å². The summed E-state index contributed by atoms with van der Waals surface area (Å²) in [5.41, 5.74) is 19.7. The fourth-order valence-corrected chi connectivity index (χ4v) is 16.4. The molecule has 0 bridgehead atoms. The number of β-amino-alcohol motifs (C(OH)–C–C–N with tert-alkyl or cyclic N) is 2. The smallest absolute Gasteiger partial charge is 0.305 e. The van der Waals surface area contributed by atoms with E-state index in [0.717, 1.165) is 37.1 Å². The molecule has 0 spiro atoms. The van der Waals surface area contributed by atoms with Crippen molar-refractivity contribution in [1.82, 2.24) is 72.0 Å². The van der Waals surface area contributed by atoms with E-state index >= 15 is 23.2 Å². The number of likely N-dealkylation sites (N-methyl/N-ethyl adjacent to an activating group) is 3. The van der Waals surface area contributed by atoms with Crippen LogP contribution < -0.4 is 59.7 Å². The third-order valence-electron chi connectivity index (χ3n) is 22.9. The number of thioether (sulfide) groups is 1. The number of fused-ring (bicyclic) bond motifs is 1. The number of hydrogen-bond donors (Lipinski definition) is 17. The normalized spacial score (nSPS) is 17.2. The van der Waals surface area contributed by atoms with E-state index in [1.54, 1.807) is 112 Å². The van der Waals surface area contributed by atoms with Crippen molar-refractivity contribution in [2.45, 2.75) is 195 Å². The molecule has 1 aromatic heterocycles. The minimum absolute atomic E-state index is 0.111. The number of rotatable bonds is 49. The number of aliphatic hydroxyl groups excluding tert-OH is 2. The average molecular weight is 1880 g/mol. The monoisotopic (exact) mass is 1870 g/mol. The Hall–Kier alpha value is -13.4. The van der Waals surface area contributed by atoms with Crippen molar-refractivity contribution in [3.8, 4) is 5.75 Å². The molecule has 0 aliphatic carbocycles. The van der Waals surface area contributed by atoms with Gasteiger partial charge in [-0.3, -0.25) is 76.7 Å². The Labute approximate surface area is 767 Å². The molecule has 6 aromatic rings. The molecule has 2 aliphatic heterocycles. The van der Waals surface area contributed by atoms with E-state index in [-0.39, 0.29) is 63.7 Å². The number of carbonyl (C=O) groups is 17. The number of unbranched alkanes of at least 4 members (excludes halogenated alkanes) is 1. The van der Waals surface area contributed by atoms with Crippen molar-refractivity contribution in [2.24, 2.45) is 23.1 Å². The molecule has 8 rings (SSSR count). The lowest BCUT2D eigenvalue weighted by Gasteiger charge is -2.38. The first kappa shape index (κ1) is 105. The summed E-state index contributed by atoms with van der Waals surface area (Å²) in [5.74, 6) is -24.7. The minimum Gasteiger partial charge on any atom is -0.508 e. The van der Waals surface area contributed by atoms with Crippen LogP contribution in [0.25, 0.3) is 10.9 Å². The number of aromatic nitrogens is 1. The third-order valence-corrected chi connectivity index (χ3v) is 23.9. The Balaban J connectivity index is 1.01. The number of likely N-dealkylation sites (tertiary alicyclic amines) is 2. The molecule has 2 fully saturated rings. The number of carboxylic acid groups (broad SMARTS) is 2. The van der Waals surface area contributed by atoms with E-state index in [2.05, 4.69) is 47.5 Å². The number of carbonyl (C=O) groups excluding carboxylic acids is 15. The number of benzene rings is 5. The SMILES string of the molecule is CCCC[C@@H](C(=O)N1C[C@H](O)C[C@@H]1C(=O)N[C@@H](CC(=O)O)C(=O)N[C@H](C(=O)N(C)[C@H](C=O)Cc1ccccc1)C(C)C)N(C)C(=O)[C@H](Cc1ccccc1)N(C)C(=O)[C@H](Cc1cc(F)c(F)c(F)c1)NC(=O)CSC[C@H](NC(=O)[C@H](CN)NC(=O)[C@H](Cc1ccc(O)cc1)NC(=O)[C@H](Cc1c[nH]c2ccccc12)NC(=O)[C@H]1C[C@@H](O)CN1C(=O)[C@@H](N)CCC(=O)O)C(=O)NCC(N)=O. The number of primary amides is 1. The van der Waals surface area contributed by atoms with Gasteiger partial charge in [0.15, 0.2) is 17.5 Å². The number of aromatic amines is 1. The number of nitrogens with zero attached hydrogens (tertiary/aromatic N) is 5. The second-order valence-corrected chi connectivity index (χ2v) is 34.2. The van der Waals surface area contributed by atoms with Gasteiger partial charge in [-0.25, -0.2) is 13.2 Å². The summed E-state index contributed by atoms with van der Waals surface area (Å²) in [6, 6.07) is 9.45. The number of nitrogens with one attached hydrogen (secondary N) is 9. The van der Waals surface area contributed by atoms with Gasteiger partial charge >= 0.3 is 11.9 Å². The predicted octanol–water partition coefficient (Wildman–Crippen LogP) is -1.39. The highest BCUT2D eigenvalue weighted by Gasteiger charge is 2.47. The zero-order chi connectivity index (χ0) is 97.8. The van der Waals surface area contributed by atoms with Gasteiger partial charge in [-0.05, 0) is 83.3 Å². The average Bonchev–Trinajstić information content (AvgIpc) is 1.71. The molecule has 133 heavy (non-hydrogen) atoms. The van der Waals surface area contributed by atoms with Gasteiger partial charge in [0.1, 0.15) is 78.5 Å². The second kappa shape index (κ2) is 49.7. The van der Waals surface area contributed by atoms with Gasteiger partial charge in [-0.2, -0.15) is 0 Å². The molecule has 39 nitrogen and oxygen atoms in total. The zero-order valence-electron chi connectivity index (χ0n) is 74.1. The Morgan fingerprint density at radius 3 is 1.65 bits per heavy atom. The van der Waals surface area contributed by atoms with Gasteiger partial charge in [0.25, 0.3) is 0 Å². The number of aldehydes is 1. The number of nitrogens with two attached hydrogens (primary N) is 3. The Morgan fingerprint density at radius 2 is 1.08 bits per heavy atom. The number of para-hydroxylation sites is 1. The van der Waals surface area contributed by atoms with Crippen LogP contribution in [0.3, 0.4) is 0 Å². The van der Waals surface area contributed by atoms with Crippen molar-refractivity contribution in [2.75, 3.05) is 58.8 Å². The highest BCUT2D eigenvalue weighted by Crippen LogP contribution is 2.28. The van der Waals surface area contributed by atoms with Gasteiger partial charge in [-0.1, -0.05) is 125 Å². The first-order valence-corrected chi connectivity index (χ1v) is 44.2. The number of H-pyrrole nitrogens is 1. The third kappa shape index (κ3) is 29.8. The summed E-state index contributed by atoms with van der Waals surface area (Å²) < 4.78 is 45.0. The molecule has 43 heteroatoms. The number of phenolic OH excluding ortho intramolecular Hbond substituents is 1. The molecule has 3 heterocycles. The number of halogens is 3. The van der Waals surface area contributed by atoms with Crippen LogP contribution in [0.15, 0.2) is 128 Å². The van der Waals surface area contributed by atoms with Crippen LogP contribution in [0.5, 0.6) is 5.75 Å². The number of aliphatic hydroxyl groups is 2. The number of amides is 14. The van der Waals surface area contributed by atoms with Crippen LogP contribution in [0.4, 0.5) is 13.2 Å². The Bertz CT molecular complexity index is 5140. The lowest BCUT2D eigenvalue weighted by molar-refractivity contribution is -0.152. The molecule has 0 saturated carbocycles. The summed E-state index contributed by atoms with van der Waals surface area (Å²) in [6.07, 6.45) is -4.39. The number of aliphatic carboxylic acids is 2. The van der Waals surface area contributed by atoms with E-state index in [4.69, 9.17) is 17.2 Å². The van der Waals surface area contributed by atoms with Crippen LogP contribution in [0.2, 0.25) is 0 Å². The molecular formula is C90H114F3N17O22S. The molecular weight excluding hydrogens is 1760 g/mol. The zero-order valence-corrected chi connectivity index (χ0v) is 74.9. The van der Waals surface area contributed by atoms with E-state index < -0.39 is 271 Å². The Morgan fingerprint density at radius 1 is 0.564 bits per heavy atom. The first-order valence-electron chi connectivity index (χ1n) is 43.0. The molecule has 0 unspecified atom stereocenters. The summed E-state index contributed by atoms with van der Waals surface area (Å²) in [7, 11) is 3.72. The van der Waals surface area contributed by atoms with Crippen molar-refractivity contribution >= 4 is 124 Å². The van der Waals surface area contributed by atoms with Crippen molar-refractivity contribution in [3.05, 3.63) is 173 Å². The molecule has 718 valence electrons. The summed E-state index contributed by atoms with van der Waals surface area (Å²) in [6.45, 7) is 2.47. The van der Waals surface area contributed by atoms with Crippen LogP contribution in [-0.2, 0) is 114 Å². The molecule has 2 saturated heterocycles. The lowest BCUT2D eigenvalue weighted by atomic mass is 9.99. The van der Waals surface area contributed by atoms with Gasteiger partial charge in [0, 0.05) is 109 Å². The maximum atomic E-state index is 15.6. The Kier molecular flexibility index (Phi) is 39.3. The number of hydrogen-bond acceptors (Lipinski definition) is 23. The number of aromatic hydroxyl groups is 1. The van der Waals surface area contributed by atoms with Crippen molar-refractivity contribution in [1.29, 1.82) is 0 Å². The highest BCUT2D eigenvalue weighted by molar-refractivity contribution is 8.00.